The molecule has 0 saturated heterocycles. The van der Waals surface area contributed by atoms with Gasteiger partial charge in [-0.2, -0.15) is 5.10 Å². The normalized spacial score (nSPS) is 10.4. The van der Waals surface area contributed by atoms with Gasteiger partial charge in [-0.25, -0.2) is 9.18 Å². The smallest absolute Gasteiger partial charge is 0.356 e. The molecule has 100 valence electrons. The van der Waals surface area contributed by atoms with Crippen molar-refractivity contribution >= 4 is 5.97 Å². The monoisotopic (exact) mass is 264 g/mol. The van der Waals surface area contributed by atoms with Gasteiger partial charge in [0.15, 0.2) is 5.69 Å². The SMILES string of the molecule is Cn1nc(C(=O)O)cc1CCOc1ccc(F)cc1. The lowest BCUT2D eigenvalue weighted by atomic mass is 10.3. The average molecular weight is 264 g/mol. The topological polar surface area (TPSA) is 64.4 Å². The molecule has 2 rings (SSSR count). The molecule has 0 aliphatic heterocycles. The highest BCUT2D eigenvalue weighted by Gasteiger charge is 2.10. The molecular formula is C13H13FN2O3. The van der Waals surface area contributed by atoms with E-state index in [-0.39, 0.29) is 11.5 Å². The van der Waals surface area contributed by atoms with Crippen molar-refractivity contribution in [3.63, 3.8) is 0 Å². The summed E-state index contributed by atoms with van der Waals surface area (Å²) in [7, 11) is 1.68. The summed E-state index contributed by atoms with van der Waals surface area (Å²) >= 11 is 0. The highest BCUT2D eigenvalue weighted by molar-refractivity contribution is 5.85. The van der Waals surface area contributed by atoms with Crippen molar-refractivity contribution in [2.24, 2.45) is 7.05 Å². The molecule has 6 heteroatoms. The Hall–Kier alpha value is -2.37. The van der Waals surface area contributed by atoms with E-state index in [2.05, 4.69) is 5.10 Å². The molecule has 0 radical (unpaired) electrons. The molecular weight excluding hydrogens is 251 g/mol. The second-order valence-corrected chi connectivity index (χ2v) is 4.00. The number of aromatic carboxylic acids is 1. The summed E-state index contributed by atoms with van der Waals surface area (Å²) in [5, 5.41) is 12.7. The van der Waals surface area contributed by atoms with Crippen LogP contribution in [0.2, 0.25) is 0 Å². The third-order valence-electron chi connectivity index (χ3n) is 2.64. The lowest BCUT2D eigenvalue weighted by Gasteiger charge is -2.05. The van der Waals surface area contributed by atoms with Crippen molar-refractivity contribution in [1.82, 2.24) is 9.78 Å². The molecule has 0 atom stereocenters. The van der Waals surface area contributed by atoms with Crippen molar-refractivity contribution < 1.29 is 19.0 Å². The summed E-state index contributed by atoms with van der Waals surface area (Å²) < 4.78 is 19.6. The predicted molar refractivity (Wildman–Crippen MR) is 65.8 cm³/mol. The summed E-state index contributed by atoms with van der Waals surface area (Å²) in [5.41, 5.74) is 0.777. The van der Waals surface area contributed by atoms with E-state index in [0.29, 0.717) is 18.8 Å². The first-order chi connectivity index (χ1) is 9.06. The number of carboxylic acids is 1. The molecule has 2 aromatic rings. The van der Waals surface area contributed by atoms with Crippen LogP contribution in [0.15, 0.2) is 30.3 Å². The fraction of sp³-hybridized carbons (Fsp3) is 0.231. The first-order valence-electron chi connectivity index (χ1n) is 5.71. The molecule has 1 N–H and O–H groups in total. The van der Waals surface area contributed by atoms with Crippen LogP contribution in [-0.4, -0.2) is 27.5 Å². The van der Waals surface area contributed by atoms with Crippen molar-refractivity contribution in [1.29, 1.82) is 0 Å². The minimum atomic E-state index is -1.05. The van der Waals surface area contributed by atoms with Crippen LogP contribution in [0.5, 0.6) is 5.75 Å². The molecule has 0 aliphatic rings. The third-order valence-corrected chi connectivity index (χ3v) is 2.64. The van der Waals surface area contributed by atoms with Crippen LogP contribution < -0.4 is 4.74 Å². The molecule has 0 fully saturated rings. The number of hydrogen-bond donors (Lipinski definition) is 1. The summed E-state index contributed by atoms with van der Waals surface area (Å²) in [6, 6.07) is 7.24. The zero-order valence-electron chi connectivity index (χ0n) is 10.3. The number of aryl methyl sites for hydroxylation is 1. The Labute approximate surface area is 109 Å². The van der Waals surface area contributed by atoms with Gasteiger partial charge >= 0.3 is 5.97 Å². The number of carbonyl (C=O) groups is 1. The molecule has 19 heavy (non-hydrogen) atoms. The minimum absolute atomic E-state index is 0.0132. The summed E-state index contributed by atoms with van der Waals surface area (Å²) in [4.78, 5) is 10.8. The Morgan fingerprint density at radius 3 is 2.68 bits per heavy atom. The standard InChI is InChI=1S/C13H13FN2O3/c1-16-10(8-12(15-16)13(17)18)6-7-19-11-4-2-9(14)3-5-11/h2-5,8H,6-7H2,1H3,(H,17,18). The number of hydrogen-bond acceptors (Lipinski definition) is 3. The number of rotatable bonds is 5. The highest BCUT2D eigenvalue weighted by atomic mass is 19.1. The van der Waals surface area contributed by atoms with Crippen molar-refractivity contribution in [3.05, 3.63) is 47.5 Å². The highest BCUT2D eigenvalue weighted by Crippen LogP contribution is 2.12. The van der Waals surface area contributed by atoms with Crippen LogP contribution in [0.1, 0.15) is 16.2 Å². The Kier molecular flexibility index (Phi) is 3.79. The first-order valence-corrected chi connectivity index (χ1v) is 5.71. The van der Waals surface area contributed by atoms with Gasteiger partial charge in [0.1, 0.15) is 11.6 Å². The number of halogens is 1. The number of aromatic nitrogens is 2. The zero-order chi connectivity index (χ0) is 13.8. The first kappa shape index (κ1) is 13.1. The van der Waals surface area contributed by atoms with Crippen LogP contribution in [0.4, 0.5) is 4.39 Å². The number of ether oxygens (including phenoxy) is 1. The van der Waals surface area contributed by atoms with E-state index in [1.807, 2.05) is 0 Å². The van der Waals surface area contributed by atoms with E-state index in [4.69, 9.17) is 9.84 Å². The lowest BCUT2D eigenvalue weighted by Crippen LogP contribution is -2.06. The maximum absolute atomic E-state index is 12.7. The van der Waals surface area contributed by atoms with Crippen molar-refractivity contribution in [2.45, 2.75) is 6.42 Å². The molecule has 0 aliphatic carbocycles. The van der Waals surface area contributed by atoms with E-state index in [0.717, 1.165) is 5.69 Å². The van der Waals surface area contributed by atoms with E-state index in [1.165, 1.54) is 22.9 Å². The lowest BCUT2D eigenvalue weighted by molar-refractivity contribution is 0.0689. The molecule has 0 bridgehead atoms. The van der Waals surface area contributed by atoms with Gasteiger partial charge in [-0.05, 0) is 30.3 Å². The molecule has 1 aromatic heterocycles. The van der Waals surface area contributed by atoms with Gasteiger partial charge in [0.2, 0.25) is 0 Å². The Morgan fingerprint density at radius 1 is 1.42 bits per heavy atom. The molecule has 0 amide bonds. The van der Waals surface area contributed by atoms with Crippen molar-refractivity contribution in [3.8, 4) is 5.75 Å². The number of nitrogens with zero attached hydrogens (tertiary/aromatic N) is 2. The van der Waals surface area contributed by atoms with Gasteiger partial charge in [-0.3, -0.25) is 4.68 Å². The molecule has 0 saturated carbocycles. The molecule has 1 heterocycles. The second kappa shape index (κ2) is 5.51. The molecule has 0 spiro atoms. The summed E-state index contributed by atoms with van der Waals surface area (Å²) in [6.45, 7) is 0.365. The Bertz CT molecular complexity index is 578. The number of carboxylic acid groups (broad SMARTS) is 1. The average Bonchev–Trinajstić information content (AvgIpc) is 2.74. The van der Waals surface area contributed by atoms with E-state index < -0.39 is 5.97 Å². The zero-order valence-corrected chi connectivity index (χ0v) is 10.3. The Balaban J connectivity index is 1.92. The van der Waals surface area contributed by atoms with Crippen LogP contribution in [0.25, 0.3) is 0 Å². The van der Waals surface area contributed by atoms with Crippen LogP contribution in [0, 0.1) is 5.82 Å². The van der Waals surface area contributed by atoms with E-state index in [1.54, 1.807) is 19.2 Å². The molecule has 0 unspecified atom stereocenters. The van der Waals surface area contributed by atoms with Gasteiger partial charge in [-0.15, -0.1) is 0 Å². The fourth-order valence-corrected chi connectivity index (χ4v) is 1.65. The van der Waals surface area contributed by atoms with Gasteiger partial charge in [0.05, 0.1) is 6.61 Å². The minimum Gasteiger partial charge on any atom is -0.493 e. The van der Waals surface area contributed by atoms with Gasteiger partial charge in [0, 0.05) is 19.2 Å². The second-order valence-electron chi connectivity index (χ2n) is 4.00. The van der Waals surface area contributed by atoms with Gasteiger partial charge in [0.25, 0.3) is 0 Å². The predicted octanol–water partition coefficient (Wildman–Crippen LogP) is 1.88. The van der Waals surface area contributed by atoms with Crippen molar-refractivity contribution in [2.75, 3.05) is 6.61 Å². The van der Waals surface area contributed by atoms with Gasteiger partial charge in [-0.1, -0.05) is 0 Å². The van der Waals surface area contributed by atoms with Crippen LogP contribution >= 0.6 is 0 Å². The fourth-order valence-electron chi connectivity index (χ4n) is 1.65. The van der Waals surface area contributed by atoms with E-state index in [9.17, 15) is 9.18 Å². The van der Waals surface area contributed by atoms with Crippen LogP contribution in [-0.2, 0) is 13.5 Å². The number of benzene rings is 1. The van der Waals surface area contributed by atoms with E-state index >= 15 is 0 Å². The summed E-state index contributed by atoms with van der Waals surface area (Å²) in [6.07, 6.45) is 0.522. The van der Waals surface area contributed by atoms with Gasteiger partial charge < -0.3 is 9.84 Å². The third kappa shape index (κ3) is 3.31. The van der Waals surface area contributed by atoms with Crippen LogP contribution in [0.3, 0.4) is 0 Å². The molecule has 1 aromatic carbocycles. The Morgan fingerprint density at radius 2 is 2.11 bits per heavy atom. The largest absolute Gasteiger partial charge is 0.493 e. The quantitative estimate of drug-likeness (QED) is 0.895. The summed E-state index contributed by atoms with van der Waals surface area (Å²) in [5.74, 6) is -0.798. The maximum atomic E-state index is 12.7. The molecule has 5 nitrogen and oxygen atoms in total. The maximum Gasteiger partial charge on any atom is 0.356 e.